The van der Waals surface area contributed by atoms with Crippen molar-refractivity contribution < 1.29 is 19.0 Å². The molecule has 23 heavy (non-hydrogen) atoms. The Labute approximate surface area is 138 Å². The zero-order valence-corrected chi connectivity index (χ0v) is 14.4. The van der Waals surface area contributed by atoms with E-state index in [-0.39, 0.29) is 5.97 Å². The lowest BCUT2D eigenvalue weighted by Crippen LogP contribution is -1.94. The Morgan fingerprint density at radius 2 is 1.83 bits per heavy atom. The molecule has 0 N–H and O–H groups in total. The van der Waals surface area contributed by atoms with Gasteiger partial charge >= 0.3 is 5.97 Å². The summed E-state index contributed by atoms with van der Waals surface area (Å²) in [6.07, 6.45) is 9.47. The molecule has 0 radical (unpaired) electrons. The molecular formula is C19H26O4. The van der Waals surface area contributed by atoms with Crippen molar-refractivity contribution in [1.82, 2.24) is 0 Å². The van der Waals surface area contributed by atoms with Crippen LogP contribution in [0.3, 0.4) is 0 Å². The normalized spacial score (nSPS) is 11.6. The van der Waals surface area contributed by atoms with Gasteiger partial charge in [0.05, 0.1) is 21.3 Å². The summed E-state index contributed by atoms with van der Waals surface area (Å²) < 4.78 is 15.3. The molecule has 0 saturated carbocycles. The molecule has 0 aliphatic rings. The number of hydrogen-bond acceptors (Lipinski definition) is 4. The van der Waals surface area contributed by atoms with Crippen molar-refractivity contribution in [3.63, 3.8) is 0 Å². The fourth-order valence-electron chi connectivity index (χ4n) is 2.24. The second-order valence-corrected chi connectivity index (χ2v) is 5.10. The summed E-state index contributed by atoms with van der Waals surface area (Å²) in [5.41, 5.74) is 2.22. The Hall–Kier alpha value is -2.23. The summed E-state index contributed by atoms with van der Waals surface area (Å²) >= 11 is 0. The van der Waals surface area contributed by atoms with Crippen molar-refractivity contribution in [3.05, 3.63) is 42.0 Å². The maximum atomic E-state index is 11.2. The van der Waals surface area contributed by atoms with Gasteiger partial charge in [-0.25, -0.2) is 4.79 Å². The Bertz CT molecular complexity index is 558. The van der Waals surface area contributed by atoms with Crippen molar-refractivity contribution in [2.45, 2.75) is 32.6 Å². The van der Waals surface area contributed by atoms with Crippen LogP contribution in [0.5, 0.6) is 11.5 Å². The van der Waals surface area contributed by atoms with E-state index in [1.807, 2.05) is 24.3 Å². The average Bonchev–Trinajstić information content (AvgIpc) is 2.59. The van der Waals surface area contributed by atoms with Crippen LogP contribution in [0.15, 0.2) is 36.4 Å². The van der Waals surface area contributed by atoms with Crippen LogP contribution < -0.4 is 9.47 Å². The first-order valence-electron chi connectivity index (χ1n) is 7.83. The first-order chi connectivity index (χ1) is 11.2. The van der Waals surface area contributed by atoms with Gasteiger partial charge in [-0.2, -0.15) is 0 Å². The van der Waals surface area contributed by atoms with Crippen LogP contribution in [0.4, 0.5) is 0 Å². The molecule has 0 fully saturated rings. The fraction of sp³-hybridized carbons (Fsp3) is 0.421. The largest absolute Gasteiger partial charge is 0.493 e. The molecule has 0 bridgehead atoms. The molecule has 0 amide bonds. The van der Waals surface area contributed by atoms with Gasteiger partial charge in [0.15, 0.2) is 11.5 Å². The van der Waals surface area contributed by atoms with E-state index in [1.54, 1.807) is 20.3 Å². The molecule has 4 heteroatoms. The second-order valence-electron chi connectivity index (χ2n) is 5.10. The van der Waals surface area contributed by atoms with E-state index in [2.05, 4.69) is 11.7 Å². The van der Waals surface area contributed by atoms with Gasteiger partial charge in [-0.1, -0.05) is 38.0 Å². The second kappa shape index (κ2) is 10.5. The topological polar surface area (TPSA) is 44.8 Å². The molecule has 0 atom stereocenters. The summed E-state index contributed by atoms with van der Waals surface area (Å²) in [5.74, 6) is 1.04. The van der Waals surface area contributed by atoms with Crippen LogP contribution in [0.1, 0.15) is 38.2 Å². The highest BCUT2D eigenvalue weighted by Crippen LogP contribution is 2.32. The fourth-order valence-corrected chi connectivity index (χ4v) is 2.24. The highest BCUT2D eigenvalue weighted by molar-refractivity contribution is 5.82. The molecule has 0 aliphatic heterocycles. The van der Waals surface area contributed by atoms with Gasteiger partial charge in [-0.15, -0.1) is 0 Å². The first-order valence-corrected chi connectivity index (χ1v) is 7.83. The molecule has 0 unspecified atom stereocenters. The summed E-state index contributed by atoms with van der Waals surface area (Å²) in [6.45, 7) is 2.18. The number of esters is 1. The molecule has 0 aromatic heterocycles. The van der Waals surface area contributed by atoms with Gasteiger partial charge in [0, 0.05) is 6.08 Å². The monoisotopic (exact) mass is 318 g/mol. The Morgan fingerprint density at radius 1 is 1.09 bits per heavy atom. The number of benzene rings is 1. The lowest BCUT2D eigenvalue weighted by atomic mass is 9.98. The molecule has 126 valence electrons. The number of hydrogen-bond donors (Lipinski definition) is 0. The Kier molecular flexibility index (Phi) is 8.58. The minimum absolute atomic E-state index is 0.360. The third-order valence-corrected chi connectivity index (χ3v) is 3.53. The van der Waals surface area contributed by atoms with Crippen LogP contribution in [0.25, 0.3) is 5.57 Å². The van der Waals surface area contributed by atoms with Crippen LogP contribution in [0.2, 0.25) is 0 Å². The van der Waals surface area contributed by atoms with E-state index < -0.39 is 0 Å². The van der Waals surface area contributed by atoms with Crippen LogP contribution in [-0.4, -0.2) is 27.3 Å². The molecule has 1 aromatic rings. The van der Waals surface area contributed by atoms with Gasteiger partial charge < -0.3 is 14.2 Å². The van der Waals surface area contributed by atoms with Gasteiger partial charge in [0.25, 0.3) is 0 Å². The van der Waals surface area contributed by atoms with Crippen molar-refractivity contribution in [2.24, 2.45) is 0 Å². The van der Waals surface area contributed by atoms with E-state index in [0.29, 0.717) is 11.5 Å². The van der Waals surface area contributed by atoms with Crippen molar-refractivity contribution in [2.75, 3.05) is 21.3 Å². The lowest BCUT2D eigenvalue weighted by Gasteiger charge is -2.12. The molecular weight excluding hydrogens is 292 g/mol. The van der Waals surface area contributed by atoms with E-state index >= 15 is 0 Å². The predicted octanol–water partition coefficient (Wildman–Crippen LogP) is 4.40. The number of ether oxygens (including phenoxy) is 3. The van der Waals surface area contributed by atoms with E-state index in [1.165, 1.54) is 19.6 Å². The van der Waals surface area contributed by atoms with Crippen molar-refractivity contribution in [3.8, 4) is 11.5 Å². The molecule has 1 rings (SSSR count). The highest BCUT2D eigenvalue weighted by Gasteiger charge is 2.08. The van der Waals surface area contributed by atoms with E-state index in [0.717, 1.165) is 30.4 Å². The maximum absolute atomic E-state index is 11.2. The predicted molar refractivity (Wildman–Crippen MR) is 92.8 cm³/mol. The van der Waals surface area contributed by atoms with Gasteiger partial charge in [-0.3, -0.25) is 0 Å². The molecule has 0 aliphatic carbocycles. The standard InChI is InChI=1S/C19H26O4/c1-5-6-7-9-15(10-8-11-19(20)23-4)16-12-13-17(21-2)18(14-16)22-3/h8,10-14H,5-7,9H2,1-4H3/b11-8+,15-10-. The molecule has 0 saturated heterocycles. The number of allylic oxidation sites excluding steroid dienone is 3. The molecule has 0 spiro atoms. The highest BCUT2D eigenvalue weighted by atomic mass is 16.5. The summed E-state index contributed by atoms with van der Waals surface area (Å²) in [4.78, 5) is 11.2. The van der Waals surface area contributed by atoms with Gasteiger partial charge in [0.2, 0.25) is 0 Å². The zero-order valence-electron chi connectivity index (χ0n) is 14.4. The van der Waals surface area contributed by atoms with Crippen LogP contribution in [-0.2, 0) is 9.53 Å². The third kappa shape index (κ3) is 6.19. The van der Waals surface area contributed by atoms with E-state index in [4.69, 9.17) is 9.47 Å². The number of methoxy groups -OCH3 is 3. The SMILES string of the molecule is CCCCC/C(=C/C=C/C(=O)OC)c1ccc(OC)c(OC)c1. The zero-order chi connectivity index (χ0) is 17.1. The maximum Gasteiger partial charge on any atom is 0.330 e. The first kappa shape index (κ1) is 18.8. The van der Waals surface area contributed by atoms with Crippen LogP contribution >= 0.6 is 0 Å². The lowest BCUT2D eigenvalue weighted by molar-refractivity contribution is -0.134. The minimum Gasteiger partial charge on any atom is -0.493 e. The summed E-state index contributed by atoms with van der Waals surface area (Å²) in [6, 6.07) is 5.86. The smallest absolute Gasteiger partial charge is 0.330 e. The van der Waals surface area contributed by atoms with Crippen LogP contribution in [0, 0.1) is 0 Å². The summed E-state index contributed by atoms with van der Waals surface area (Å²) in [7, 11) is 4.61. The Morgan fingerprint density at radius 3 is 2.43 bits per heavy atom. The summed E-state index contributed by atoms with van der Waals surface area (Å²) in [5, 5.41) is 0. The van der Waals surface area contributed by atoms with E-state index in [9.17, 15) is 4.79 Å². The van der Waals surface area contributed by atoms with Crippen molar-refractivity contribution in [1.29, 1.82) is 0 Å². The van der Waals surface area contributed by atoms with Gasteiger partial charge in [0.1, 0.15) is 0 Å². The molecule has 0 heterocycles. The van der Waals surface area contributed by atoms with Gasteiger partial charge in [-0.05, 0) is 36.1 Å². The average molecular weight is 318 g/mol. The molecule has 1 aromatic carbocycles. The third-order valence-electron chi connectivity index (χ3n) is 3.53. The number of unbranched alkanes of at least 4 members (excludes halogenated alkanes) is 2. The number of carbonyl (C=O) groups excluding carboxylic acids is 1. The number of rotatable bonds is 9. The molecule has 4 nitrogen and oxygen atoms in total. The Balaban J connectivity index is 3.05. The minimum atomic E-state index is -0.360. The quantitative estimate of drug-likeness (QED) is 0.293. The number of carbonyl (C=O) groups is 1. The van der Waals surface area contributed by atoms with Crippen molar-refractivity contribution >= 4 is 11.5 Å².